The van der Waals surface area contributed by atoms with Crippen molar-refractivity contribution in [3.05, 3.63) is 53.2 Å². The molecule has 3 aromatic rings. The van der Waals surface area contributed by atoms with Gasteiger partial charge in [-0.05, 0) is 89.1 Å². The van der Waals surface area contributed by atoms with E-state index in [-0.39, 0.29) is 5.91 Å². The molecular formula is C25H33N3O2. The zero-order valence-corrected chi connectivity index (χ0v) is 19.0. The Morgan fingerprint density at radius 3 is 2.37 bits per heavy atom. The highest BCUT2D eigenvalue weighted by Crippen LogP contribution is 2.30. The summed E-state index contributed by atoms with van der Waals surface area (Å²) in [4.78, 5) is 15.6. The van der Waals surface area contributed by atoms with Crippen LogP contribution in [0.2, 0.25) is 0 Å². The fourth-order valence-electron chi connectivity index (χ4n) is 4.13. The predicted octanol–water partition coefficient (Wildman–Crippen LogP) is 5.78. The minimum atomic E-state index is -0.0813. The maximum atomic E-state index is 13.3. The van der Waals surface area contributed by atoms with Crippen molar-refractivity contribution in [1.29, 1.82) is 0 Å². The van der Waals surface area contributed by atoms with Gasteiger partial charge in [-0.25, -0.2) is 0 Å². The first-order valence-corrected chi connectivity index (χ1v) is 10.9. The fourth-order valence-corrected chi connectivity index (χ4v) is 4.13. The van der Waals surface area contributed by atoms with Crippen molar-refractivity contribution in [3.63, 3.8) is 0 Å². The Labute approximate surface area is 179 Å². The largest absolute Gasteiger partial charge is 0.494 e. The lowest BCUT2D eigenvalue weighted by Gasteiger charge is -2.22. The van der Waals surface area contributed by atoms with Crippen molar-refractivity contribution in [1.82, 2.24) is 4.57 Å². The normalized spacial score (nSPS) is 11.0. The third-order valence-corrected chi connectivity index (χ3v) is 5.72. The van der Waals surface area contributed by atoms with Crippen LogP contribution in [0.15, 0.2) is 36.4 Å². The Balaban J connectivity index is 1.96. The molecule has 160 valence electrons. The summed E-state index contributed by atoms with van der Waals surface area (Å²) >= 11 is 0. The SMILES string of the molecule is CCOc1ccc2c(c1)c(C)c(C(=O)Nc1ccc(N(CC)CC)cc1C)n2CC. The van der Waals surface area contributed by atoms with Crippen molar-refractivity contribution in [2.24, 2.45) is 0 Å². The van der Waals surface area contributed by atoms with E-state index in [1.54, 1.807) is 0 Å². The van der Waals surface area contributed by atoms with E-state index in [0.717, 1.165) is 53.1 Å². The van der Waals surface area contributed by atoms with Crippen LogP contribution in [-0.2, 0) is 6.54 Å². The van der Waals surface area contributed by atoms with E-state index in [9.17, 15) is 4.79 Å². The molecule has 30 heavy (non-hydrogen) atoms. The number of fused-ring (bicyclic) bond motifs is 1. The second-order valence-corrected chi connectivity index (χ2v) is 7.46. The number of hydrogen-bond acceptors (Lipinski definition) is 3. The van der Waals surface area contributed by atoms with Crippen LogP contribution in [0, 0.1) is 13.8 Å². The lowest BCUT2D eigenvalue weighted by atomic mass is 10.1. The zero-order chi connectivity index (χ0) is 21.8. The Morgan fingerprint density at radius 1 is 1.03 bits per heavy atom. The van der Waals surface area contributed by atoms with Gasteiger partial charge in [-0.2, -0.15) is 0 Å². The zero-order valence-electron chi connectivity index (χ0n) is 19.0. The molecule has 1 amide bonds. The van der Waals surface area contributed by atoms with Crippen LogP contribution in [0.3, 0.4) is 0 Å². The lowest BCUT2D eigenvalue weighted by molar-refractivity contribution is 0.101. The molecule has 1 N–H and O–H groups in total. The first kappa shape index (κ1) is 21.8. The van der Waals surface area contributed by atoms with Gasteiger partial charge >= 0.3 is 0 Å². The number of nitrogens with one attached hydrogen (secondary N) is 1. The number of anilines is 2. The number of hydrogen-bond donors (Lipinski definition) is 1. The van der Waals surface area contributed by atoms with Crippen molar-refractivity contribution < 1.29 is 9.53 Å². The molecular weight excluding hydrogens is 374 g/mol. The summed E-state index contributed by atoms with van der Waals surface area (Å²) in [5.74, 6) is 0.748. The lowest BCUT2D eigenvalue weighted by Crippen LogP contribution is -2.22. The maximum absolute atomic E-state index is 13.3. The average Bonchev–Trinajstić information content (AvgIpc) is 3.02. The number of carbonyl (C=O) groups is 1. The average molecular weight is 408 g/mol. The highest BCUT2D eigenvalue weighted by molar-refractivity contribution is 6.08. The second kappa shape index (κ2) is 9.24. The highest BCUT2D eigenvalue weighted by Gasteiger charge is 2.21. The monoisotopic (exact) mass is 407 g/mol. The van der Waals surface area contributed by atoms with Gasteiger partial charge in [0, 0.05) is 41.9 Å². The molecule has 0 bridgehead atoms. The summed E-state index contributed by atoms with van der Waals surface area (Å²) in [6, 6.07) is 12.3. The summed E-state index contributed by atoms with van der Waals surface area (Å²) in [6.07, 6.45) is 0. The molecule has 2 aromatic carbocycles. The number of aromatic nitrogens is 1. The van der Waals surface area contributed by atoms with E-state index >= 15 is 0 Å². The number of nitrogens with zero attached hydrogens (tertiary/aromatic N) is 2. The molecule has 0 aliphatic heterocycles. The molecule has 0 aliphatic carbocycles. The topological polar surface area (TPSA) is 46.5 Å². The molecule has 1 aromatic heterocycles. The number of ether oxygens (including phenoxy) is 1. The Morgan fingerprint density at radius 2 is 1.77 bits per heavy atom. The summed E-state index contributed by atoms with van der Waals surface area (Å²) in [6.45, 7) is 15.7. The van der Waals surface area contributed by atoms with Crippen LogP contribution >= 0.6 is 0 Å². The molecule has 1 heterocycles. The van der Waals surface area contributed by atoms with E-state index in [1.807, 2.05) is 45.0 Å². The molecule has 5 nitrogen and oxygen atoms in total. The van der Waals surface area contributed by atoms with Crippen molar-refractivity contribution in [2.45, 2.75) is 48.1 Å². The van der Waals surface area contributed by atoms with E-state index in [0.29, 0.717) is 12.3 Å². The molecule has 0 saturated heterocycles. The summed E-state index contributed by atoms with van der Waals surface area (Å²) in [5, 5.41) is 4.19. The minimum absolute atomic E-state index is 0.0813. The first-order chi connectivity index (χ1) is 14.4. The maximum Gasteiger partial charge on any atom is 0.272 e. The Kier molecular flexibility index (Phi) is 6.70. The number of amides is 1. The van der Waals surface area contributed by atoms with Gasteiger partial charge in [0.25, 0.3) is 5.91 Å². The van der Waals surface area contributed by atoms with Crippen LogP contribution in [0.1, 0.15) is 49.3 Å². The number of carbonyl (C=O) groups excluding carboxylic acids is 1. The third kappa shape index (κ3) is 4.02. The quantitative estimate of drug-likeness (QED) is 0.515. The van der Waals surface area contributed by atoms with Crippen LogP contribution in [0.5, 0.6) is 5.75 Å². The molecule has 0 fully saturated rings. The van der Waals surface area contributed by atoms with Crippen LogP contribution in [0.25, 0.3) is 10.9 Å². The second-order valence-electron chi connectivity index (χ2n) is 7.46. The number of rotatable bonds is 8. The molecule has 3 rings (SSSR count). The number of benzene rings is 2. The first-order valence-electron chi connectivity index (χ1n) is 10.9. The van der Waals surface area contributed by atoms with Gasteiger partial charge in [0.1, 0.15) is 11.4 Å². The van der Waals surface area contributed by atoms with Gasteiger partial charge in [-0.15, -0.1) is 0 Å². The van der Waals surface area contributed by atoms with Gasteiger partial charge in [0.15, 0.2) is 0 Å². The van der Waals surface area contributed by atoms with Gasteiger partial charge in [-0.3, -0.25) is 4.79 Å². The summed E-state index contributed by atoms with van der Waals surface area (Å²) in [7, 11) is 0. The van der Waals surface area contributed by atoms with Crippen LogP contribution in [-0.4, -0.2) is 30.2 Å². The van der Waals surface area contributed by atoms with Crippen molar-refractivity contribution in [3.8, 4) is 5.75 Å². The fraction of sp³-hybridized carbons (Fsp3) is 0.400. The van der Waals surface area contributed by atoms with E-state index in [2.05, 4.69) is 47.7 Å². The van der Waals surface area contributed by atoms with Crippen molar-refractivity contribution >= 4 is 28.2 Å². The molecule has 0 radical (unpaired) electrons. The van der Waals surface area contributed by atoms with Gasteiger partial charge < -0.3 is 19.5 Å². The summed E-state index contributed by atoms with van der Waals surface area (Å²) < 4.78 is 7.74. The Hall–Kier alpha value is -2.95. The minimum Gasteiger partial charge on any atom is -0.494 e. The molecule has 0 saturated carbocycles. The Bertz CT molecular complexity index is 1050. The van der Waals surface area contributed by atoms with Crippen LogP contribution < -0.4 is 15.0 Å². The molecule has 0 atom stereocenters. The van der Waals surface area contributed by atoms with Crippen molar-refractivity contribution in [2.75, 3.05) is 29.9 Å². The van der Waals surface area contributed by atoms with E-state index < -0.39 is 0 Å². The standard InChI is InChI=1S/C25H33N3O2/c1-7-27(8-2)19-11-13-22(17(5)15-19)26-25(29)24-18(6)21-16-20(30-10-4)12-14-23(21)28(24)9-3/h11-16H,7-10H2,1-6H3,(H,26,29). The summed E-state index contributed by atoms with van der Waals surface area (Å²) in [5.41, 5.74) is 5.81. The van der Waals surface area contributed by atoms with Crippen LogP contribution in [0.4, 0.5) is 11.4 Å². The smallest absolute Gasteiger partial charge is 0.272 e. The molecule has 0 spiro atoms. The molecule has 0 aliphatic rings. The van der Waals surface area contributed by atoms with Gasteiger partial charge in [0.05, 0.1) is 6.61 Å². The van der Waals surface area contributed by atoms with Gasteiger partial charge in [0.2, 0.25) is 0 Å². The number of aryl methyl sites for hydroxylation is 3. The van der Waals surface area contributed by atoms with E-state index in [1.165, 1.54) is 5.69 Å². The highest BCUT2D eigenvalue weighted by atomic mass is 16.5. The van der Waals surface area contributed by atoms with E-state index in [4.69, 9.17) is 4.74 Å². The van der Waals surface area contributed by atoms with Gasteiger partial charge in [-0.1, -0.05) is 0 Å². The molecule has 0 unspecified atom stereocenters. The molecule has 5 heteroatoms. The predicted molar refractivity (Wildman–Crippen MR) is 126 cm³/mol. The third-order valence-electron chi connectivity index (χ3n) is 5.72.